The highest BCUT2D eigenvalue weighted by Crippen LogP contribution is 2.39. The summed E-state index contributed by atoms with van der Waals surface area (Å²) < 4.78 is 7.21. The Hall–Kier alpha value is -1.40. The molecule has 0 N–H and O–H groups in total. The van der Waals surface area contributed by atoms with Gasteiger partial charge in [-0.1, -0.05) is 11.6 Å². The van der Waals surface area contributed by atoms with E-state index in [0.29, 0.717) is 5.41 Å². The van der Waals surface area contributed by atoms with E-state index in [0.717, 1.165) is 30.4 Å². The summed E-state index contributed by atoms with van der Waals surface area (Å²) in [5, 5.41) is 5.28. The number of halogens is 1. The van der Waals surface area contributed by atoms with E-state index in [-0.39, 0.29) is 0 Å². The molecule has 3 heterocycles. The van der Waals surface area contributed by atoms with Crippen molar-refractivity contribution in [2.75, 3.05) is 46.4 Å². The van der Waals surface area contributed by atoms with Crippen LogP contribution in [0.2, 0.25) is 5.02 Å². The SMILES string of the molecule is COCCN1CCCC2(CCN(Cc3cnn(-c4ccc(Cl)cc4)c3)C2)C1. The van der Waals surface area contributed by atoms with Gasteiger partial charge in [-0.2, -0.15) is 5.10 Å². The van der Waals surface area contributed by atoms with Crippen LogP contribution in [-0.4, -0.2) is 66.0 Å². The molecule has 2 aliphatic heterocycles. The lowest BCUT2D eigenvalue weighted by Gasteiger charge is -2.40. The Kier molecular flexibility index (Phi) is 5.83. The van der Waals surface area contributed by atoms with Gasteiger partial charge in [0.25, 0.3) is 0 Å². The number of rotatable bonds is 6. The minimum Gasteiger partial charge on any atom is -0.383 e. The second-order valence-corrected chi connectivity index (χ2v) is 8.54. The number of nitrogens with zero attached hydrogens (tertiary/aromatic N) is 4. The number of hydrogen-bond acceptors (Lipinski definition) is 4. The lowest BCUT2D eigenvalue weighted by Crippen LogP contribution is -2.45. The van der Waals surface area contributed by atoms with E-state index >= 15 is 0 Å². The molecule has 27 heavy (non-hydrogen) atoms. The Labute approximate surface area is 166 Å². The van der Waals surface area contributed by atoms with Gasteiger partial charge in [0, 0.05) is 50.1 Å². The van der Waals surface area contributed by atoms with Crippen LogP contribution in [0.5, 0.6) is 0 Å². The number of piperidine rings is 1. The Bertz CT molecular complexity index is 747. The third-order valence-electron chi connectivity index (χ3n) is 6.00. The fourth-order valence-electron chi connectivity index (χ4n) is 4.65. The number of methoxy groups -OCH3 is 1. The Morgan fingerprint density at radius 2 is 1.93 bits per heavy atom. The fourth-order valence-corrected chi connectivity index (χ4v) is 4.78. The number of ether oxygens (including phenoxy) is 1. The monoisotopic (exact) mass is 388 g/mol. The van der Waals surface area contributed by atoms with Gasteiger partial charge in [0.2, 0.25) is 0 Å². The zero-order valence-corrected chi connectivity index (χ0v) is 16.9. The van der Waals surface area contributed by atoms with Crippen LogP contribution in [0.15, 0.2) is 36.7 Å². The zero-order chi connectivity index (χ0) is 18.7. The smallest absolute Gasteiger partial charge is 0.0646 e. The van der Waals surface area contributed by atoms with E-state index in [1.165, 1.54) is 51.0 Å². The van der Waals surface area contributed by atoms with Crippen molar-refractivity contribution in [1.82, 2.24) is 19.6 Å². The molecule has 0 bridgehead atoms. The molecule has 5 nitrogen and oxygen atoms in total. The molecule has 0 aliphatic carbocycles. The molecule has 2 aliphatic rings. The molecule has 0 saturated carbocycles. The predicted octanol–water partition coefficient (Wildman–Crippen LogP) is 3.46. The summed E-state index contributed by atoms with van der Waals surface area (Å²) in [7, 11) is 1.79. The van der Waals surface area contributed by atoms with Gasteiger partial charge in [0.15, 0.2) is 0 Å². The molecule has 1 spiro atoms. The second-order valence-electron chi connectivity index (χ2n) is 8.10. The first-order chi connectivity index (χ1) is 13.2. The van der Waals surface area contributed by atoms with Crippen molar-refractivity contribution in [3.63, 3.8) is 0 Å². The lowest BCUT2D eigenvalue weighted by atomic mass is 9.79. The molecule has 1 unspecified atom stereocenters. The largest absolute Gasteiger partial charge is 0.383 e. The molecule has 0 amide bonds. The minimum atomic E-state index is 0.470. The highest BCUT2D eigenvalue weighted by atomic mass is 35.5. The van der Waals surface area contributed by atoms with Crippen LogP contribution >= 0.6 is 11.6 Å². The van der Waals surface area contributed by atoms with Crippen molar-refractivity contribution in [2.24, 2.45) is 5.41 Å². The van der Waals surface area contributed by atoms with Crippen LogP contribution < -0.4 is 0 Å². The Balaban J connectivity index is 1.35. The van der Waals surface area contributed by atoms with E-state index in [4.69, 9.17) is 16.3 Å². The maximum atomic E-state index is 5.98. The van der Waals surface area contributed by atoms with Crippen LogP contribution in [-0.2, 0) is 11.3 Å². The van der Waals surface area contributed by atoms with Gasteiger partial charge >= 0.3 is 0 Å². The van der Waals surface area contributed by atoms with E-state index in [1.807, 2.05) is 35.1 Å². The molecule has 1 aromatic carbocycles. The summed E-state index contributed by atoms with van der Waals surface area (Å²) in [5.74, 6) is 0. The van der Waals surface area contributed by atoms with Gasteiger partial charge in [-0.3, -0.25) is 4.90 Å². The van der Waals surface area contributed by atoms with Gasteiger partial charge in [0.1, 0.15) is 0 Å². The minimum absolute atomic E-state index is 0.470. The van der Waals surface area contributed by atoms with Crippen LogP contribution in [0.3, 0.4) is 0 Å². The van der Waals surface area contributed by atoms with Crippen molar-refractivity contribution >= 4 is 11.6 Å². The number of benzene rings is 1. The third kappa shape index (κ3) is 4.54. The highest BCUT2D eigenvalue weighted by molar-refractivity contribution is 6.30. The van der Waals surface area contributed by atoms with Crippen LogP contribution in [0.1, 0.15) is 24.8 Å². The first-order valence-corrected chi connectivity index (χ1v) is 10.3. The van der Waals surface area contributed by atoms with Gasteiger partial charge < -0.3 is 9.64 Å². The number of hydrogen-bond donors (Lipinski definition) is 0. The molecule has 4 rings (SSSR count). The quantitative estimate of drug-likeness (QED) is 0.758. The van der Waals surface area contributed by atoms with Crippen molar-refractivity contribution in [3.05, 3.63) is 47.2 Å². The van der Waals surface area contributed by atoms with Crippen LogP contribution in [0.4, 0.5) is 0 Å². The van der Waals surface area contributed by atoms with Crippen molar-refractivity contribution in [2.45, 2.75) is 25.8 Å². The standard InChI is InChI=1S/C21H29ClN4O/c1-27-12-11-24-9-2-7-21(16-24)8-10-25(17-21)14-18-13-23-26(15-18)20-5-3-19(22)4-6-20/h3-6,13,15H,2,7-12,14,16-17H2,1H3. The molecule has 6 heteroatoms. The van der Waals surface area contributed by atoms with Gasteiger partial charge in [0.05, 0.1) is 18.5 Å². The third-order valence-corrected chi connectivity index (χ3v) is 6.25. The summed E-state index contributed by atoms with van der Waals surface area (Å²) in [4.78, 5) is 5.19. The maximum Gasteiger partial charge on any atom is 0.0646 e. The fraction of sp³-hybridized carbons (Fsp3) is 0.571. The molecule has 1 atom stereocenters. The summed E-state index contributed by atoms with van der Waals surface area (Å²) >= 11 is 5.98. The summed E-state index contributed by atoms with van der Waals surface area (Å²) in [5.41, 5.74) is 2.79. The normalized spacial score (nSPS) is 24.1. The van der Waals surface area contributed by atoms with E-state index < -0.39 is 0 Å². The molecular formula is C21H29ClN4O. The first-order valence-electron chi connectivity index (χ1n) is 9.89. The van der Waals surface area contributed by atoms with E-state index in [2.05, 4.69) is 21.1 Å². The molecule has 0 radical (unpaired) electrons. The van der Waals surface area contributed by atoms with Crippen LogP contribution in [0, 0.1) is 5.41 Å². The first kappa shape index (κ1) is 18.9. The Morgan fingerprint density at radius 1 is 1.11 bits per heavy atom. The topological polar surface area (TPSA) is 33.5 Å². The van der Waals surface area contributed by atoms with Gasteiger partial charge in [-0.05, 0) is 62.0 Å². The van der Waals surface area contributed by atoms with Gasteiger partial charge in [-0.15, -0.1) is 0 Å². The molecular weight excluding hydrogens is 360 g/mol. The van der Waals surface area contributed by atoms with Crippen LogP contribution in [0.25, 0.3) is 5.69 Å². The molecule has 2 aromatic rings. The lowest BCUT2D eigenvalue weighted by molar-refractivity contribution is 0.0673. The molecule has 2 fully saturated rings. The second kappa shape index (κ2) is 8.31. The number of likely N-dealkylation sites (tertiary alicyclic amines) is 2. The Morgan fingerprint density at radius 3 is 2.74 bits per heavy atom. The summed E-state index contributed by atoms with van der Waals surface area (Å²) in [6, 6.07) is 7.81. The number of aromatic nitrogens is 2. The van der Waals surface area contributed by atoms with E-state index in [1.54, 1.807) is 7.11 Å². The predicted molar refractivity (Wildman–Crippen MR) is 108 cm³/mol. The van der Waals surface area contributed by atoms with Crippen molar-refractivity contribution < 1.29 is 4.74 Å². The van der Waals surface area contributed by atoms with E-state index in [9.17, 15) is 0 Å². The van der Waals surface area contributed by atoms with Crippen molar-refractivity contribution in [3.8, 4) is 5.69 Å². The van der Waals surface area contributed by atoms with Gasteiger partial charge in [-0.25, -0.2) is 4.68 Å². The summed E-state index contributed by atoms with van der Waals surface area (Å²) in [6.07, 6.45) is 8.11. The van der Waals surface area contributed by atoms with Crippen molar-refractivity contribution in [1.29, 1.82) is 0 Å². The highest BCUT2D eigenvalue weighted by Gasteiger charge is 2.41. The molecule has 2 saturated heterocycles. The molecule has 1 aromatic heterocycles. The molecule has 146 valence electrons. The summed E-state index contributed by atoms with van der Waals surface area (Å²) in [6.45, 7) is 7.70. The zero-order valence-electron chi connectivity index (χ0n) is 16.1. The average Bonchev–Trinajstić information content (AvgIpc) is 3.29. The maximum absolute atomic E-state index is 5.98. The average molecular weight is 389 g/mol.